The average molecular weight is 181 g/mol. The molecule has 1 heteroatoms. The predicted molar refractivity (Wildman–Crippen MR) is 56.7 cm³/mol. The van der Waals surface area contributed by atoms with Crippen molar-refractivity contribution in [2.24, 2.45) is 11.3 Å². The Kier molecular flexibility index (Phi) is 2.39. The molecule has 0 amide bonds. The van der Waals surface area contributed by atoms with Crippen LogP contribution in [0.5, 0.6) is 0 Å². The maximum Gasteiger partial charge on any atom is 0.00749 e. The third-order valence-electron chi connectivity index (χ3n) is 3.81. The van der Waals surface area contributed by atoms with Gasteiger partial charge in [0.25, 0.3) is 0 Å². The van der Waals surface area contributed by atoms with Crippen LogP contribution in [0, 0.1) is 11.3 Å². The number of hydrogen-bond acceptors (Lipinski definition) is 1. The lowest BCUT2D eigenvalue weighted by atomic mass is 9.81. The molecule has 0 aromatic heterocycles. The fourth-order valence-electron chi connectivity index (χ4n) is 2.95. The summed E-state index contributed by atoms with van der Waals surface area (Å²) in [6, 6.07) is 1.68. The molecule has 2 saturated carbocycles. The molecule has 0 spiro atoms. The largest absolute Gasteiger partial charge is 0.311 e. The molecule has 0 heterocycles. The fourth-order valence-corrected chi connectivity index (χ4v) is 2.95. The number of hydrogen-bond donors (Lipinski definition) is 1. The SMILES string of the molecule is CC1CC(NC2CCC(C)(C)C2)C1. The van der Waals surface area contributed by atoms with Crippen molar-refractivity contribution in [3.63, 3.8) is 0 Å². The van der Waals surface area contributed by atoms with Gasteiger partial charge in [0, 0.05) is 12.1 Å². The first-order valence-electron chi connectivity index (χ1n) is 5.81. The van der Waals surface area contributed by atoms with Gasteiger partial charge in [-0.2, -0.15) is 0 Å². The fraction of sp³-hybridized carbons (Fsp3) is 1.00. The predicted octanol–water partition coefficient (Wildman–Crippen LogP) is 2.95. The first-order valence-corrected chi connectivity index (χ1v) is 5.81. The summed E-state index contributed by atoms with van der Waals surface area (Å²) >= 11 is 0. The van der Waals surface area contributed by atoms with Crippen LogP contribution in [0.15, 0.2) is 0 Å². The van der Waals surface area contributed by atoms with E-state index >= 15 is 0 Å². The minimum absolute atomic E-state index is 0.604. The highest BCUT2D eigenvalue weighted by Gasteiger charge is 2.34. The Morgan fingerprint density at radius 2 is 1.85 bits per heavy atom. The second-order valence-electron chi connectivity index (χ2n) is 6.04. The third-order valence-corrected chi connectivity index (χ3v) is 3.81. The first kappa shape index (κ1) is 9.51. The Bertz CT molecular complexity index is 180. The lowest BCUT2D eigenvalue weighted by molar-refractivity contribution is 0.217. The van der Waals surface area contributed by atoms with Crippen LogP contribution < -0.4 is 5.32 Å². The van der Waals surface area contributed by atoms with Crippen LogP contribution in [-0.2, 0) is 0 Å². The van der Waals surface area contributed by atoms with Gasteiger partial charge < -0.3 is 5.32 Å². The highest BCUT2D eigenvalue weighted by atomic mass is 15.0. The molecule has 1 atom stereocenters. The van der Waals surface area contributed by atoms with E-state index in [2.05, 4.69) is 26.1 Å². The highest BCUT2D eigenvalue weighted by Crippen LogP contribution is 2.38. The van der Waals surface area contributed by atoms with Gasteiger partial charge in [-0.25, -0.2) is 0 Å². The summed E-state index contributed by atoms with van der Waals surface area (Å²) in [5.41, 5.74) is 0.604. The van der Waals surface area contributed by atoms with E-state index in [0.29, 0.717) is 5.41 Å². The molecule has 2 aliphatic carbocycles. The normalized spacial score (nSPS) is 43.2. The van der Waals surface area contributed by atoms with Crippen LogP contribution in [0.1, 0.15) is 52.9 Å². The van der Waals surface area contributed by atoms with Crippen molar-refractivity contribution in [2.75, 3.05) is 0 Å². The molecule has 76 valence electrons. The summed E-state index contributed by atoms with van der Waals surface area (Å²) < 4.78 is 0. The van der Waals surface area contributed by atoms with Gasteiger partial charge in [0.15, 0.2) is 0 Å². The van der Waals surface area contributed by atoms with Crippen LogP contribution in [0.3, 0.4) is 0 Å². The smallest absolute Gasteiger partial charge is 0.00749 e. The van der Waals surface area contributed by atoms with Crippen molar-refractivity contribution >= 4 is 0 Å². The Hall–Kier alpha value is -0.0400. The monoisotopic (exact) mass is 181 g/mol. The molecule has 0 bridgehead atoms. The average Bonchev–Trinajstić information content (AvgIpc) is 2.27. The van der Waals surface area contributed by atoms with E-state index in [9.17, 15) is 0 Å². The number of nitrogens with one attached hydrogen (secondary N) is 1. The Morgan fingerprint density at radius 1 is 1.15 bits per heavy atom. The van der Waals surface area contributed by atoms with E-state index in [-0.39, 0.29) is 0 Å². The minimum Gasteiger partial charge on any atom is -0.311 e. The molecule has 2 aliphatic rings. The molecule has 0 aromatic carbocycles. The van der Waals surface area contributed by atoms with Crippen molar-refractivity contribution in [3.05, 3.63) is 0 Å². The molecule has 1 unspecified atom stereocenters. The zero-order valence-electron chi connectivity index (χ0n) is 9.27. The van der Waals surface area contributed by atoms with Crippen molar-refractivity contribution in [1.29, 1.82) is 0 Å². The molecule has 2 fully saturated rings. The summed E-state index contributed by atoms with van der Waals surface area (Å²) in [5.74, 6) is 0.979. The molecule has 0 saturated heterocycles. The van der Waals surface area contributed by atoms with Crippen LogP contribution in [0.25, 0.3) is 0 Å². The zero-order valence-corrected chi connectivity index (χ0v) is 9.27. The lowest BCUT2D eigenvalue weighted by Crippen LogP contribution is -2.44. The summed E-state index contributed by atoms with van der Waals surface area (Å²) in [5, 5.41) is 3.80. The standard InChI is InChI=1S/C12H23N/c1-9-6-11(7-9)13-10-4-5-12(2,3)8-10/h9-11,13H,4-8H2,1-3H3. The van der Waals surface area contributed by atoms with Gasteiger partial charge >= 0.3 is 0 Å². The second kappa shape index (κ2) is 3.27. The maximum atomic E-state index is 3.80. The molecular weight excluding hydrogens is 158 g/mol. The number of rotatable bonds is 2. The van der Waals surface area contributed by atoms with Gasteiger partial charge in [-0.15, -0.1) is 0 Å². The highest BCUT2D eigenvalue weighted by molar-refractivity contribution is 4.91. The van der Waals surface area contributed by atoms with Crippen LogP contribution in [0.4, 0.5) is 0 Å². The maximum absolute atomic E-state index is 3.80. The molecular formula is C12H23N. The molecule has 13 heavy (non-hydrogen) atoms. The Labute approximate surface area is 82.3 Å². The topological polar surface area (TPSA) is 12.0 Å². The summed E-state index contributed by atoms with van der Waals surface area (Å²) in [7, 11) is 0. The second-order valence-corrected chi connectivity index (χ2v) is 6.04. The Morgan fingerprint density at radius 3 is 2.31 bits per heavy atom. The molecule has 1 nitrogen and oxygen atoms in total. The van der Waals surface area contributed by atoms with Gasteiger partial charge in [0.05, 0.1) is 0 Å². The van der Waals surface area contributed by atoms with Crippen LogP contribution in [-0.4, -0.2) is 12.1 Å². The van der Waals surface area contributed by atoms with Gasteiger partial charge in [-0.3, -0.25) is 0 Å². The molecule has 0 aromatic rings. The van der Waals surface area contributed by atoms with Gasteiger partial charge in [0.2, 0.25) is 0 Å². The van der Waals surface area contributed by atoms with Crippen molar-refractivity contribution < 1.29 is 0 Å². The molecule has 0 radical (unpaired) electrons. The lowest BCUT2D eigenvalue weighted by Gasteiger charge is -2.36. The van der Waals surface area contributed by atoms with Gasteiger partial charge in [-0.05, 0) is 43.4 Å². The van der Waals surface area contributed by atoms with E-state index in [1.54, 1.807) is 0 Å². The van der Waals surface area contributed by atoms with Gasteiger partial charge in [0.1, 0.15) is 0 Å². The summed E-state index contributed by atoms with van der Waals surface area (Å²) in [6.07, 6.45) is 7.02. The van der Waals surface area contributed by atoms with Crippen LogP contribution >= 0.6 is 0 Å². The van der Waals surface area contributed by atoms with E-state index < -0.39 is 0 Å². The van der Waals surface area contributed by atoms with Crippen molar-refractivity contribution in [1.82, 2.24) is 5.32 Å². The van der Waals surface area contributed by atoms with Crippen molar-refractivity contribution in [3.8, 4) is 0 Å². The molecule has 2 rings (SSSR count). The molecule has 0 aliphatic heterocycles. The van der Waals surface area contributed by atoms with Crippen molar-refractivity contribution in [2.45, 2.75) is 65.0 Å². The van der Waals surface area contributed by atoms with Gasteiger partial charge in [-0.1, -0.05) is 20.8 Å². The van der Waals surface area contributed by atoms with E-state index in [1.165, 1.54) is 32.1 Å². The van der Waals surface area contributed by atoms with E-state index in [1.807, 2.05) is 0 Å². The van der Waals surface area contributed by atoms with Crippen LogP contribution in [0.2, 0.25) is 0 Å². The first-order chi connectivity index (χ1) is 6.05. The minimum atomic E-state index is 0.604. The zero-order chi connectivity index (χ0) is 9.47. The third kappa shape index (κ3) is 2.25. The molecule has 1 N–H and O–H groups in total. The Balaban J connectivity index is 1.72. The van der Waals surface area contributed by atoms with E-state index in [0.717, 1.165) is 18.0 Å². The quantitative estimate of drug-likeness (QED) is 0.690. The summed E-state index contributed by atoms with van der Waals surface area (Å²) in [4.78, 5) is 0. The summed E-state index contributed by atoms with van der Waals surface area (Å²) in [6.45, 7) is 7.16. The van der Waals surface area contributed by atoms with E-state index in [4.69, 9.17) is 0 Å².